The average molecular weight is 361 g/mol. The first-order valence-electron chi connectivity index (χ1n) is 7.21. The fraction of sp³-hybridized carbons (Fsp3) is 0.118. The number of fused-ring (bicyclic) bond motifs is 1. The lowest BCUT2D eigenvalue weighted by Gasteiger charge is -2.10. The predicted molar refractivity (Wildman–Crippen MR) is 98.1 cm³/mol. The lowest BCUT2D eigenvalue weighted by atomic mass is 10.2. The number of rotatable bonds is 2. The van der Waals surface area contributed by atoms with Crippen LogP contribution in [0.1, 0.15) is 11.4 Å². The summed E-state index contributed by atoms with van der Waals surface area (Å²) in [4.78, 5) is 21.1. The molecule has 2 amide bonds. The normalized spacial score (nSPS) is 10.7. The molecular weight excluding hydrogens is 347 g/mol. The van der Waals surface area contributed by atoms with E-state index in [1.165, 1.54) is 0 Å². The van der Waals surface area contributed by atoms with Gasteiger partial charge in [0.15, 0.2) is 0 Å². The molecule has 2 N–H and O–H groups in total. The molecule has 1 heterocycles. The van der Waals surface area contributed by atoms with Gasteiger partial charge in [0.2, 0.25) is 0 Å². The van der Waals surface area contributed by atoms with Crippen LogP contribution in [-0.4, -0.2) is 16.0 Å². The Kier molecular flexibility index (Phi) is 4.55. The Balaban J connectivity index is 1.80. The van der Waals surface area contributed by atoms with E-state index in [0.717, 1.165) is 22.4 Å². The third-order valence-corrected chi connectivity index (χ3v) is 4.35. The zero-order valence-corrected chi connectivity index (χ0v) is 14.5. The van der Waals surface area contributed by atoms with Crippen LogP contribution >= 0.6 is 23.2 Å². The Labute approximate surface area is 149 Å². The number of nitrogens with zero attached hydrogens (tertiary/aromatic N) is 2. The second kappa shape index (κ2) is 6.63. The van der Waals surface area contributed by atoms with Gasteiger partial charge < -0.3 is 10.6 Å². The first kappa shape index (κ1) is 16.5. The van der Waals surface area contributed by atoms with Crippen molar-refractivity contribution in [2.75, 3.05) is 10.6 Å². The molecule has 0 fully saturated rings. The Morgan fingerprint density at radius 1 is 0.958 bits per heavy atom. The van der Waals surface area contributed by atoms with E-state index in [-0.39, 0.29) is 0 Å². The van der Waals surface area contributed by atoms with E-state index in [1.54, 1.807) is 30.3 Å². The molecule has 0 bridgehead atoms. The maximum Gasteiger partial charge on any atom is 0.323 e. The Morgan fingerprint density at radius 3 is 2.42 bits per heavy atom. The highest BCUT2D eigenvalue weighted by Gasteiger charge is 2.09. The van der Waals surface area contributed by atoms with Crippen molar-refractivity contribution < 1.29 is 4.79 Å². The summed E-state index contributed by atoms with van der Waals surface area (Å²) >= 11 is 12.0. The topological polar surface area (TPSA) is 66.9 Å². The van der Waals surface area contributed by atoms with Crippen molar-refractivity contribution in [2.24, 2.45) is 0 Å². The lowest BCUT2D eigenvalue weighted by molar-refractivity contribution is 0.262. The number of hydrogen-bond donors (Lipinski definition) is 2. The number of carbonyl (C=O) groups is 1. The Hall–Kier alpha value is -2.37. The molecule has 122 valence electrons. The molecule has 3 rings (SSSR count). The van der Waals surface area contributed by atoms with Crippen LogP contribution in [0.25, 0.3) is 11.0 Å². The minimum absolute atomic E-state index is 0.296. The molecular formula is C17H14Cl2N4O. The van der Waals surface area contributed by atoms with Crippen molar-refractivity contribution in [3.8, 4) is 0 Å². The highest BCUT2D eigenvalue weighted by molar-refractivity contribution is 6.44. The van der Waals surface area contributed by atoms with E-state index < -0.39 is 6.03 Å². The quantitative estimate of drug-likeness (QED) is 0.659. The first-order valence-corrected chi connectivity index (χ1v) is 7.96. The molecule has 24 heavy (non-hydrogen) atoms. The van der Waals surface area contributed by atoms with Crippen molar-refractivity contribution in [3.63, 3.8) is 0 Å². The van der Waals surface area contributed by atoms with Gasteiger partial charge in [-0.1, -0.05) is 29.3 Å². The molecule has 1 aromatic heterocycles. The zero-order valence-electron chi connectivity index (χ0n) is 13.0. The summed E-state index contributed by atoms with van der Waals surface area (Å²) in [5.41, 5.74) is 4.29. The maximum atomic E-state index is 12.1. The van der Waals surface area contributed by atoms with Gasteiger partial charge in [0.05, 0.1) is 38.2 Å². The van der Waals surface area contributed by atoms with Crippen molar-refractivity contribution in [1.82, 2.24) is 9.97 Å². The summed E-state index contributed by atoms with van der Waals surface area (Å²) in [6.07, 6.45) is 0. The molecule has 0 aliphatic rings. The van der Waals surface area contributed by atoms with Crippen LogP contribution in [-0.2, 0) is 0 Å². The van der Waals surface area contributed by atoms with Crippen molar-refractivity contribution in [3.05, 3.63) is 57.8 Å². The van der Waals surface area contributed by atoms with Crippen LogP contribution in [0.2, 0.25) is 10.0 Å². The van der Waals surface area contributed by atoms with Gasteiger partial charge in [-0.05, 0) is 44.2 Å². The fourth-order valence-corrected chi connectivity index (χ4v) is 2.54. The van der Waals surface area contributed by atoms with Crippen molar-refractivity contribution >= 4 is 51.6 Å². The number of carbonyl (C=O) groups excluding carboxylic acids is 1. The number of amides is 2. The molecule has 2 aromatic carbocycles. The maximum absolute atomic E-state index is 12.1. The number of hydrogen-bond acceptors (Lipinski definition) is 3. The van der Waals surface area contributed by atoms with Crippen LogP contribution < -0.4 is 10.6 Å². The third kappa shape index (κ3) is 3.42. The van der Waals surface area contributed by atoms with Gasteiger partial charge in [0.1, 0.15) is 0 Å². The Morgan fingerprint density at radius 2 is 1.67 bits per heavy atom. The van der Waals surface area contributed by atoms with Gasteiger partial charge >= 0.3 is 6.03 Å². The van der Waals surface area contributed by atoms with Crippen LogP contribution in [0.3, 0.4) is 0 Å². The van der Waals surface area contributed by atoms with E-state index in [4.69, 9.17) is 23.2 Å². The monoisotopic (exact) mass is 360 g/mol. The summed E-state index contributed by atoms with van der Waals surface area (Å²) in [5.74, 6) is 0. The van der Waals surface area contributed by atoms with Crippen LogP contribution in [0.15, 0.2) is 36.4 Å². The standard InChI is InChI=1S/C17H14Cl2N4O/c1-9-10(2)21-15-8-11(6-7-13(15)20-9)22-17(24)23-14-5-3-4-12(18)16(14)19/h3-8H,1-2H3,(H2,22,23,24). The van der Waals surface area contributed by atoms with Gasteiger partial charge in [-0.2, -0.15) is 0 Å². The summed E-state index contributed by atoms with van der Waals surface area (Å²) < 4.78 is 0. The van der Waals surface area contributed by atoms with E-state index >= 15 is 0 Å². The molecule has 0 aliphatic carbocycles. The molecule has 0 spiro atoms. The SMILES string of the molecule is Cc1nc2ccc(NC(=O)Nc3cccc(Cl)c3Cl)cc2nc1C. The minimum Gasteiger partial charge on any atom is -0.308 e. The molecule has 5 nitrogen and oxygen atoms in total. The van der Waals surface area contributed by atoms with Gasteiger partial charge in [-0.15, -0.1) is 0 Å². The van der Waals surface area contributed by atoms with Gasteiger partial charge in [-0.25, -0.2) is 14.8 Å². The number of aromatic nitrogens is 2. The molecule has 7 heteroatoms. The highest BCUT2D eigenvalue weighted by Crippen LogP contribution is 2.29. The number of anilines is 2. The molecule has 0 saturated heterocycles. The van der Waals surface area contributed by atoms with Crippen LogP contribution in [0.4, 0.5) is 16.2 Å². The van der Waals surface area contributed by atoms with Crippen LogP contribution in [0, 0.1) is 13.8 Å². The second-order valence-corrected chi connectivity index (χ2v) is 6.06. The van der Waals surface area contributed by atoms with Crippen molar-refractivity contribution in [2.45, 2.75) is 13.8 Å². The predicted octanol–water partition coefficient (Wildman–Crippen LogP) is 5.20. The fourth-order valence-electron chi connectivity index (χ4n) is 2.19. The molecule has 0 unspecified atom stereocenters. The second-order valence-electron chi connectivity index (χ2n) is 5.28. The van der Waals surface area contributed by atoms with E-state index in [2.05, 4.69) is 20.6 Å². The van der Waals surface area contributed by atoms with E-state index in [1.807, 2.05) is 19.9 Å². The molecule has 0 radical (unpaired) electrons. The van der Waals surface area contributed by atoms with E-state index in [9.17, 15) is 4.79 Å². The van der Waals surface area contributed by atoms with Crippen LogP contribution in [0.5, 0.6) is 0 Å². The van der Waals surface area contributed by atoms with E-state index in [0.29, 0.717) is 21.4 Å². The molecule has 3 aromatic rings. The average Bonchev–Trinajstić information content (AvgIpc) is 2.53. The lowest BCUT2D eigenvalue weighted by Crippen LogP contribution is -2.19. The number of nitrogens with one attached hydrogen (secondary N) is 2. The number of halogens is 2. The molecule has 0 saturated carbocycles. The highest BCUT2D eigenvalue weighted by atomic mass is 35.5. The van der Waals surface area contributed by atoms with Crippen molar-refractivity contribution in [1.29, 1.82) is 0 Å². The number of aryl methyl sites for hydroxylation is 2. The number of urea groups is 1. The van der Waals surface area contributed by atoms with Gasteiger partial charge in [0, 0.05) is 5.69 Å². The summed E-state index contributed by atoms with van der Waals surface area (Å²) in [5, 5.41) is 6.08. The molecule has 0 atom stereocenters. The third-order valence-electron chi connectivity index (χ3n) is 3.53. The molecule has 0 aliphatic heterocycles. The summed E-state index contributed by atoms with van der Waals surface area (Å²) in [6.45, 7) is 3.81. The smallest absolute Gasteiger partial charge is 0.308 e. The number of benzene rings is 2. The summed E-state index contributed by atoms with van der Waals surface area (Å²) in [7, 11) is 0. The van der Waals surface area contributed by atoms with Gasteiger partial charge in [-0.3, -0.25) is 0 Å². The first-order chi connectivity index (χ1) is 11.4. The minimum atomic E-state index is -0.421. The van der Waals surface area contributed by atoms with Gasteiger partial charge in [0.25, 0.3) is 0 Å². The summed E-state index contributed by atoms with van der Waals surface area (Å²) in [6, 6.07) is 9.97. The largest absolute Gasteiger partial charge is 0.323 e. The Bertz CT molecular complexity index is 943. The zero-order chi connectivity index (χ0) is 17.3.